The SMILES string of the molecule is Cc1cc(CN(C)C(=O)[C@@H]2[C@@H]3C=C[C@@]4(CN(CC(C)(C)C)C(=O)[C@H]24)O3)n[nH]1. The first-order valence-electron chi connectivity index (χ1n) is 9.51. The van der Waals surface area contributed by atoms with Crippen molar-refractivity contribution < 1.29 is 14.3 Å². The molecule has 0 aromatic carbocycles. The molecule has 2 amide bonds. The van der Waals surface area contributed by atoms with Crippen LogP contribution in [0.1, 0.15) is 32.2 Å². The van der Waals surface area contributed by atoms with E-state index in [4.69, 9.17) is 4.74 Å². The normalized spacial score (nSPS) is 31.7. The number of carbonyl (C=O) groups excluding carboxylic acids is 2. The van der Waals surface area contributed by atoms with Gasteiger partial charge >= 0.3 is 0 Å². The summed E-state index contributed by atoms with van der Waals surface area (Å²) in [6, 6.07) is 1.92. The molecule has 4 rings (SSSR count). The maximum absolute atomic E-state index is 13.2. The van der Waals surface area contributed by atoms with Gasteiger partial charge in [0.05, 0.1) is 36.7 Å². The van der Waals surface area contributed by atoms with E-state index in [0.717, 1.165) is 11.4 Å². The number of aryl methyl sites for hydroxylation is 1. The minimum atomic E-state index is -0.642. The molecule has 146 valence electrons. The summed E-state index contributed by atoms with van der Waals surface area (Å²) in [4.78, 5) is 29.9. The standard InChI is InChI=1S/C20H28N4O3/c1-12-8-13(22-21-12)9-23(5)17(25)15-14-6-7-20(27-14)11-24(10-19(2,3)4)18(26)16(15)20/h6-8,14-16H,9-11H2,1-5H3,(H,21,22)/t14-,15+,16-,20-/m0/s1. The molecule has 1 N–H and O–H groups in total. The van der Waals surface area contributed by atoms with Crippen molar-refractivity contribution in [2.24, 2.45) is 17.3 Å². The summed E-state index contributed by atoms with van der Waals surface area (Å²) in [7, 11) is 1.76. The Balaban J connectivity index is 1.54. The van der Waals surface area contributed by atoms with Gasteiger partial charge in [0.25, 0.3) is 0 Å². The maximum atomic E-state index is 13.2. The summed E-state index contributed by atoms with van der Waals surface area (Å²) >= 11 is 0. The highest BCUT2D eigenvalue weighted by atomic mass is 16.5. The Morgan fingerprint density at radius 1 is 1.48 bits per heavy atom. The van der Waals surface area contributed by atoms with Gasteiger partial charge in [0.15, 0.2) is 0 Å². The zero-order valence-electron chi connectivity index (χ0n) is 16.7. The Morgan fingerprint density at radius 2 is 2.22 bits per heavy atom. The summed E-state index contributed by atoms with van der Waals surface area (Å²) in [6.45, 7) is 9.88. The molecule has 0 radical (unpaired) electrons. The van der Waals surface area contributed by atoms with Crippen molar-refractivity contribution in [3.63, 3.8) is 0 Å². The van der Waals surface area contributed by atoms with Crippen LogP contribution in [0.5, 0.6) is 0 Å². The average molecular weight is 372 g/mol. The first-order valence-corrected chi connectivity index (χ1v) is 9.51. The highest BCUT2D eigenvalue weighted by molar-refractivity contribution is 5.93. The fourth-order valence-corrected chi connectivity index (χ4v) is 4.70. The van der Waals surface area contributed by atoms with Gasteiger partial charge in [-0.15, -0.1) is 0 Å². The lowest BCUT2D eigenvalue weighted by atomic mass is 9.76. The van der Waals surface area contributed by atoms with E-state index < -0.39 is 17.4 Å². The lowest BCUT2D eigenvalue weighted by Gasteiger charge is -2.29. The predicted molar refractivity (Wildman–Crippen MR) is 99.6 cm³/mol. The van der Waals surface area contributed by atoms with Gasteiger partial charge in [0.1, 0.15) is 5.60 Å². The van der Waals surface area contributed by atoms with Crippen LogP contribution in [0.2, 0.25) is 0 Å². The number of aromatic nitrogens is 2. The fraction of sp³-hybridized carbons (Fsp3) is 0.650. The van der Waals surface area contributed by atoms with Crippen molar-refractivity contribution in [3.05, 3.63) is 29.6 Å². The zero-order chi connectivity index (χ0) is 19.6. The van der Waals surface area contributed by atoms with Crippen LogP contribution in [0.15, 0.2) is 18.2 Å². The van der Waals surface area contributed by atoms with Crippen LogP contribution in [0.4, 0.5) is 0 Å². The Hall–Kier alpha value is -2.15. The molecule has 0 unspecified atom stereocenters. The smallest absolute Gasteiger partial charge is 0.230 e. The molecule has 3 aliphatic rings. The van der Waals surface area contributed by atoms with Crippen LogP contribution in [-0.2, 0) is 20.9 Å². The number of fused-ring (bicyclic) bond motifs is 1. The van der Waals surface area contributed by atoms with E-state index in [1.165, 1.54) is 0 Å². The minimum absolute atomic E-state index is 0.000760. The summed E-state index contributed by atoms with van der Waals surface area (Å²) in [5, 5.41) is 7.10. The third-order valence-corrected chi connectivity index (χ3v) is 5.66. The summed E-state index contributed by atoms with van der Waals surface area (Å²) in [6.07, 6.45) is 3.65. The van der Waals surface area contributed by atoms with Crippen molar-refractivity contribution in [2.75, 3.05) is 20.1 Å². The molecular weight excluding hydrogens is 344 g/mol. The van der Waals surface area contributed by atoms with Gasteiger partial charge in [-0.25, -0.2) is 0 Å². The Kier molecular flexibility index (Phi) is 4.00. The van der Waals surface area contributed by atoms with Gasteiger partial charge in [-0.05, 0) is 18.4 Å². The molecule has 1 spiro atoms. The van der Waals surface area contributed by atoms with E-state index in [0.29, 0.717) is 19.6 Å². The molecule has 7 nitrogen and oxygen atoms in total. The molecule has 2 fully saturated rings. The second-order valence-electron chi connectivity index (χ2n) is 9.39. The van der Waals surface area contributed by atoms with E-state index in [9.17, 15) is 9.59 Å². The minimum Gasteiger partial charge on any atom is -0.360 e. The Labute approximate surface area is 159 Å². The van der Waals surface area contributed by atoms with Gasteiger partial charge in [0, 0.05) is 19.3 Å². The number of ether oxygens (including phenoxy) is 1. The van der Waals surface area contributed by atoms with E-state index in [1.54, 1.807) is 11.9 Å². The molecule has 0 saturated carbocycles. The average Bonchev–Trinajstić information content (AvgIpc) is 3.28. The monoisotopic (exact) mass is 372 g/mol. The predicted octanol–water partition coefficient (Wildman–Crippen LogP) is 1.50. The third-order valence-electron chi connectivity index (χ3n) is 5.66. The lowest BCUT2D eigenvalue weighted by Crippen LogP contribution is -2.45. The number of amides is 2. The van der Waals surface area contributed by atoms with Crippen LogP contribution < -0.4 is 0 Å². The van der Waals surface area contributed by atoms with Crippen molar-refractivity contribution >= 4 is 11.8 Å². The van der Waals surface area contributed by atoms with Crippen LogP contribution in [0.3, 0.4) is 0 Å². The molecular formula is C20H28N4O3. The number of hydrogen-bond donors (Lipinski definition) is 1. The number of nitrogens with zero attached hydrogens (tertiary/aromatic N) is 3. The second-order valence-corrected chi connectivity index (χ2v) is 9.39. The van der Waals surface area contributed by atoms with Gasteiger partial charge in [-0.1, -0.05) is 32.9 Å². The number of hydrogen-bond acceptors (Lipinski definition) is 4. The van der Waals surface area contributed by atoms with E-state index in [2.05, 4.69) is 31.0 Å². The van der Waals surface area contributed by atoms with Gasteiger partial charge < -0.3 is 14.5 Å². The lowest BCUT2D eigenvalue weighted by molar-refractivity contribution is -0.143. The second kappa shape index (κ2) is 5.92. The third kappa shape index (κ3) is 2.98. The summed E-state index contributed by atoms with van der Waals surface area (Å²) in [5.41, 5.74) is 1.13. The Bertz CT molecular complexity index is 808. The number of likely N-dealkylation sites (tertiary alicyclic amines) is 1. The summed E-state index contributed by atoms with van der Waals surface area (Å²) in [5.74, 6) is -0.898. The van der Waals surface area contributed by atoms with Crippen molar-refractivity contribution in [3.8, 4) is 0 Å². The van der Waals surface area contributed by atoms with Crippen LogP contribution in [0, 0.1) is 24.2 Å². The van der Waals surface area contributed by atoms with E-state index >= 15 is 0 Å². The zero-order valence-corrected chi connectivity index (χ0v) is 16.7. The number of carbonyl (C=O) groups is 2. The van der Waals surface area contributed by atoms with Gasteiger partial charge in [-0.2, -0.15) is 5.10 Å². The van der Waals surface area contributed by atoms with Gasteiger partial charge in [0.2, 0.25) is 11.8 Å². The maximum Gasteiger partial charge on any atom is 0.230 e. The molecule has 4 heterocycles. The molecule has 7 heteroatoms. The Morgan fingerprint density at radius 3 is 2.85 bits per heavy atom. The van der Waals surface area contributed by atoms with Crippen LogP contribution in [0.25, 0.3) is 0 Å². The highest BCUT2D eigenvalue weighted by Crippen LogP contribution is 2.52. The summed E-state index contributed by atoms with van der Waals surface area (Å²) < 4.78 is 6.19. The van der Waals surface area contributed by atoms with Crippen molar-refractivity contribution in [1.82, 2.24) is 20.0 Å². The van der Waals surface area contributed by atoms with Crippen LogP contribution in [-0.4, -0.2) is 63.7 Å². The largest absolute Gasteiger partial charge is 0.360 e. The molecule has 4 atom stereocenters. The molecule has 27 heavy (non-hydrogen) atoms. The quantitative estimate of drug-likeness (QED) is 0.813. The highest BCUT2D eigenvalue weighted by Gasteiger charge is 2.67. The molecule has 2 bridgehead atoms. The number of nitrogens with one attached hydrogen (secondary N) is 1. The van der Waals surface area contributed by atoms with E-state index in [-0.39, 0.29) is 23.3 Å². The van der Waals surface area contributed by atoms with Crippen LogP contribution >= 0.6 is 0 Å². The fourth-order valence-electron chi connectivity index (χ4n) is 4.70. The van der Waals surface area contributed by atoms with E-state index in [1.807, 2.05) is 30.0 Å². The number of aromatic amines is 1. The van der Waals surface area contributed by atoms with Crippen molar-refractivity contribution in [1.29, 1.82) is 0 Å². The molecule has 1 aromatic heterocycles. The molecule has 0 aliphatic carbocycles. The number of H-pyrrole nitrogens is 1. The molecule has 2 saturated heterocycles. The number of rotatable bonds is 4. The van der Waals surface area contributed by atoms with Crippen molar-refractivity contribution in [2.45, 2.75) is 45.9 Å². The first kappa shape index (κ1) is 18.2. The first-order chi connectivity index (χ1) is 12.6. The molecule has 3 aliphatic heterocycles. The van der Waals surface area contributed by atoms with Gasteiger partial charge in [-0.3, -0.25) is 14.7 Å². The topological polar surface area (TPSA) is 78.5 Å². The molecule has 1 aromatic rings.